The number of benzene rings is 3. The molecule has 162 valence electrons. The SMILES string of the molecule is Cc1ccc(-c2onc3ccc(C(=O)N4CCN(c5cccc(C)c5)[C@H](C)C4)cc23)cc1. The van der Waals surface area contributed by atoms with Crippen LogP contribution in [0, 0.1) is 13.8 Å². The maximum Gasteiger partial charge on any atom is 0.254 e. The fourth-order valence-electron chi connectivity index (χ4n) is 4.50. The normalized spacial score (nSPS) is 16.5. The molecule has 4 aromatic rings. The van der Waals surface area contributed by atoms with Crippen LogP contribution in [0.5, 0.6) is 0 Å². The summed E-state index contributed by atoms with van der Waals surface area (Å²) in [5, 5.41) is 5.05. The molecule has 0 N–H and O–H groups in total. The van der Waals surface area contributed by atoms with Gasteiger partial charge in [0, 0.05) is 42.5 Å². The Bertz CT molecular complexity index is 1280. The van der Waals surface area contributed by atoms with Crippen LogP contribution in [0.25, 0.3) is 22.2 Å². The van der Waals surface area contributed by atoms with E-state index in [1.165, 1.54) is 16.8 Å². The highest BCUT2D eigenvalue weighted by molar-refractivity contribution is 6.01. The summed E-state index contributed by atoms with van der Waals surface area (Å²) in [6.45, 7) is 8.56. The fraction of sp³-hybridized carbons (Fsp3) is 0.259. The average Bonchev–Trinajstić information content (AvgIpc) is 3.22. The first kappa shape index (κ1) is 20.3. The van der Waals surface area contributed by atoms with Gasteiger partial charge in [-0.15, -0.1) is 0 Å². The summed E-state index contributed by atoms with van der Waals surface area (Å²) in [4.78, 5) is 17.7. The lowest BCUT2D eigenvalue weighted by molar-refractivity contribution is 0.0726. The molecule has 5 heteroatoms. The molecule has 5 rings (SSSR count). The average molecular weight is 426 g/mol. The van der Waals surface area contributed by atoms with Crippen LogP contribution in [0.15, 0.2) is 71.3 Å². The van der Waals surface area contributed by atoms with E-state index < -0.39 is 0 Å². The maximum absolute atomic E-state index is 13.4. The number of hydrogen-bond donors (Lipinski definition) is 0. The van der Waals surface area contributed by atoms with Crippen molar-refractivity contribution >= 4 is 22.5 Å². The topological polar surface area (TPSA) is 49.6 Å². The first-order valence-electron chi connectivity index (χ1n) is 11.1. The van der Waals surface area contributed by atoms with Gasteiger partial charge in [0.2, 0.25) is 0 Å². The smallest absolute Gasteiger partial charge is 0.254 e. The van der Waals surface area contributed by atoms with Crippen LogP contribution < -0.4 is 4.90 Å². The zero-order valence-electron chi connectivity index (χ0n) is 18.7. The number of hydrogen-bond acceptors (Lipinski definition) is 4. The largest absolute Gasteiger partial charge is 0.365 e. The minimum absolute atomic E-state index is 0.0544. The molecule has 0 radical (unpaired) electrons. The second-order valence-corrected chi connectivity index (χ2v) is 8.74. The van der Waals surface area contributed by atoms with E-state index in [0.717, 1.165) is 23.0 Å². The highest BCUT2D eigenvalue weighted by Crippen LogP contribution is 2.30. The molecule has 1 amide bonds. The lowest BCUT2D eigenvalue weighted by atomic mass is 10.0. The molecule has 5 nitrogen and oxygen atoms in total. The Balaban J connectivity index is 1.38. The number of aromatic nitrogens is 1. The van der Waals surface area contributed by atoms with Gasteiger partial charge in [-0.2, -0.15) is 0 Å². The van der Waals surface area contributed by atoms with Crippen molar-refractivity contribution in [3.05, 3.63) is 83.4 Å². The van der Waals surface area contributed by atoms with Crippen molar-refractivity contribution in [3.63, 3.8) is 0 Å². The van der Waals surface area contributed by atoms with E-state index in [-0.39, 0.29) is 11.9 Å². The van der Waals surface area contributed by atoms with Crippen LogP contribution in [-0.4, -0.2) is 41.6 Å². The number of carbonyl (C=O) groups is 1. The van der Waals surface area contributed by atoms with Gasteiger partial charge in [-0.1, -0.05) is 47.1 Å². The Morgan fingerprint density at radius 1 is 0.969 bits per heavy atom. The van der Waals surface area contributed by atoms with Crippen LogP contribution >= 0.6 is 0 Å². The van der Waals surface area contributed by atoms with Crippen molar-refractivity contribution in [1.82, 2.24) is 10.1 Å². The molecule has 0 unspecified atom stereocenters. The molecule has 1 atom stereocenters. The van der Waals surface area contributed by atoms with Crippen molar-refractivity contribution in [2.45, 2.75) is 26.8 Å². The highest BCUT2D eigenvalue weighted by Gasteiger charge is 2.28. The molecule has 3 aromatic carbocycles. The Morgan fingerprint density at radius 3 is 2.53 bits per heavy atom. The second-order valence-electron chi connectivity index (χ2n) is 8.74. The highest BCUT2D eigenvalue weighted by atomic mass is 16.5. The quantitative estimate of drug-likeness (QED) is 0.437. The minimum atomic E-state index is 0.0544. The number of aryl methyl sites for hydroxylation is 2. The summed E-state index contributed by atoms with van der Waals surface area (Å²) in [5.74, 6) is 0.756. The zero-order valence-corrected chi connectivity index (χ0v) is 18.7. The minimum Gasteiger partial charge on any atom is -0.365 e. The molecular weight excluding hydrogens is 398 g/mol. The lowest BCUT2D eigenvalue weighted by Crippen LogP contribution is -2.53. The summed E-state index contributed by atoms with van der Waals surface area (Å²) in [7, 11) is 0. The molecule has 0 bridgehead atoms. The van der Waals surface area contributed by atoms with Gasteiger partial charge in [0.25, 0.3) is 5.91 Å². The molecule has 2 heterocycles. The van der Waals surface area contributed by atoms with Gasteiger partial charge < -0.3 is 14.3 Å². The molecule has 0 spiro atoms. The van der Waals surface area contributed by atoms with Gasteiger partial charge in [-0.05, 0) is 56.7 Å². The number of piperazine rings is 1. The van der Waals surface area contributed by atoms with E-state index in [9.17, 15) is 4.79 Å². The molecule has 0 saturated carbocycles. The predicted octanol–water partition coefficient (Wildman–Crippen LogP) is 5.46. The molecule has 0 aliphatic carbocycles. The van der Waals surface area contributed by atoms with E-state index in [0.29, 0.717) is 24.4 Å². The molecule has 1 aliphatic heterocycles. The molecule has 1 saturated heterocycles. The summed E-state index contributed by atoms with van der Waals surface area (Å²) < 4.78 is 5.63. The Kier molecular flexibility index (Phi) is 5.17. The van der Waals surface area contributed by atoms with Crippen LogP contribution in [0.1, 0.15) is 28.4 Å². The molecule has 1 fully saturated rings. The van der Waals surface area contributed by atoms with Crippen LogP contribution in [-0.2, 0) is 0 Å². The van der Waals surface area contributed by atoms with E-state index in [1.54, 1.807) is 0 Å². The number of anilines is 1. The van der Waals surface area contributed by atoms with E-state index in [1.807, 2.05) is 47.4 Å². The number of rotatable bonds is 3. The maximum atomic E-state index is 13.4. The summed E-state index contributed by atoms with van der Waals surface area (Å²) in [6.07, 6.45) is 0. The number of fused-ring (bicyclic) bond motifs is 1. The van der Waals surface area contributed by atoms with E-state index >= 15 is 0 Å². The Morgan fingerprint density at radius 2 is 1.78 bits per heavy atom. The standard InChI is InChI=1S/C27H27N3O2/c1-18-7-9-21(10-8-18)26-24-16-22(11-12-25(24)28-32-26)27(31)29-13-14-30(20(3)17-29)23-6-4-5-19(2)15-23/h4-12,15-16,20H,13-14,17H2,1-3H3/t20-/m1/s1. The summed E-state index contributed by atoms with van der Waals surface area (Å²) in [5.41, 5.74) is 6.05. The van der Waals surface area contributed by atoms with Crippen molar-refractivity contribution in [2.75, 3.05) is 24.5 Å². The lowest BCUT2D eigenvalue weighted by Gasteiger charge is -2.41. The van der Waals surface area contributed by atoms with Gasteiger partial charge >= 0.3 is 0 Å². The van der Waals surface area contributed by atoms with Crippen molar-refractivity contribution < 1.29 is 9.32 Å². The third kappa shape index (κ3) is 3.75. The molecule has 1 aromatic heterocycles. The number of nitrogens with zero attached hydrogens (tertiary/aromatic N) is 3. The van der Waals surface area contributed by atoms with Crippen molar-refractivity contribution in [3.8, 4) is 11.3 Å². The molecular formula is C27H27N3O2. The first-order valence-corrected chi connectivity index (χ1v) is 11.1. The van der Waals surface area contributed by atoms with E-state index in [2.05, 4.69) is 55.1 Å². The Hall–Kier alpha value is -3.60. The van der Waals surface area contributed by atoms with Crippen molar-refractivity contribution in [1.29, 1.82) is 0 Å². The van der Waals surface area contributed by atoms with Gasteiger partial charge in [-0.3, -0.25) is 4.79 Å². The summed E-state index contributed by atoms with van der Waals surface area (Å²) >= 11 is 0. The molecule has 1 aliphatic rings. The van der Waals surface area contributed by atoms with Crippen molar-refractivity contribution in [2.24, 2.45) is 0 Å². The Labute approximate surface area is 188 Å². The molecule has 32 heavy (non-hydrogen) atoms. The number of amides is 1. The monoisotopic (exact) mass is 425 g/mol. The number of carbonyl (C=O) groups excluding carboxylic acids is 1. The first-order chi connectivity index (χ1) is 15.5. The van der Waals surface area contributed by atoms with Gasteiger partial charge in [0.05, 0.1) is 5.39 Å². The van der Waals surface area contributed by atoms with Gasteiger partial charge in [0.1, 0.15) is 5.52 Å². The van der Waals surface area contributed by atoms with Crippen LogP contribution in [0.4, 0.5) is 5.69 Å². The van der Waals surface area contributed by atoms with Crippen LogP contribution in [0.3, 0.4) is 0 Å². The van der Waals surface area contributed by atoms with Crippen LogP contribution in [0.2, 0.25) is 0 Å². The van der Waals surface area contributed by atoms with Gasteiger partial charge in [0.15, 0.2) is 5.76 Å². The third-order valence-electron chi connectivity index (χ3n) is 6.29. The third-order valence-corrected chi connectivity index (χ3v) is 6.29. The van der Waals surface area contributed by atoms with E-state index in [4.69, 9.17) is 4.52 Å². The second kappa shape index (κ2) is 8.15. The predicted molar refractivity (Wildman–Crippen MR) is 128 cm³/mol. The zero-order chi connectivity index (χ0) is 22.2. The summed E-state index contributed by atoms with van der Waals surface area (Å²) in [6, 6.07) is 22.6. The fourth-order valence-corrected chi connectivity index (χ4v) is 4.50. The van der Waals surface area contributed by atoms with Gasteiger partial charge in [-0.25, -0.2) is 0 Å².